The second kappa shape index (κ2) is 5.41. The molecule has 0 aliphatic carbocycles. The van der Waals surface area contributed by atoms with Crippen LogP contribution in [0.4, 0.5) is 5.69 Å². The zero-order valence-corrected chi connectivity index (χ0v) is 14.8. The van der Waals surface area contributed by atoms with Gasteiger partial charge in [-0.15, -0.1) is 0 Å². The van der Waals surface area contributed by atoms with Crippen molar-refractivity contribution in [2.24, 2.45) is 0 Å². The lowest BCUT2D eigenvalue weighted by atomic mass is 9.88. The number of ketones is 1. The van der Waals surface area contributed by atoms with Crippen molar-refractivity contribution >= 4 is 23.0 Å². The van der Waals surface area contributed by atoms with Crippen LogP contribution >= 0.6 is 0 Å². The van der Waals surface area contributed by atoms with Crippen LogP contribution < -0.4 is 4.90 Å². The molecule has 1 atom stereocenters. The topological polar surface area (TPSA) is 37.4 Å². The quantitative estimate of drug-likeness (QED) is 0.792. The van der Waals surface area contributed by atoms with Gasteiger partial charge >= 0.3 is 0 Å². The Morgan fingerprint density at radius 2 is 1.72 bits per heavy atom. The summed E-state index contributed by atoms with van der Waals surface area (Å²) in [6.07, 6.45) is 2.59. The number of Topliss-reactive ketones (excluding diaryl/α,β-unsaturated/α-hetero) is 1. The first-order valence-electron chi connectivity index (χ1n) is 8.64. The molecule has 2 aliphatic rings. The molecule has 2 aliphatic heterocycles. The smallest absolute Gasteiger partial charge is 0.252 e. The molecule has 1 unspecified atom stereocenters. The molecule has 0 fully saturated rings. The molecule has 2 aromatic carbocycles. The van der Waals surface area contributed by atoms with Gasteiger partial charge in [-0.3, -0.25) is 9.59 Å². The average molecular weight is 331 g/mol. The summed E-state index contributed by atoms with van der Waals surface area (Å²) >= 11 is 0. The van der Waals surface area contributed by atoms with Crippen LogP contribution in [-0.2, 0) is 16.0 Å². The maximum absolute atomic E-state index is 13.1. The molecule has 1 amide bonds. The summed E-state index contributed by atoms with van der Waals surface area (Å²) in [5.41, 5.74) is 5.27. The third-order valence-electron chi connectivity index (χ3n) is 5.27. The summed E-state index contributed by atoms with van der Waals surface area (Å²) < 4.78 is 0. The van der Waals surface area contributed by atoms with Crippen molar-refractivity contribution in [2.45, 2.75) is 39.2 Å². The predicted molar refractivity (Wildman–Crippen MR) is 99.6 cm³/mol. The number of nitrogens with zero attached hydrogens (tertiary/aromatic N) is 1. The van der Waals surface area contributed by atoms with Crippen molar-refractivity contribution < 1.29 is 9.59 Å². The van der Waals surface area contributed by atoms with Crippen LogP contribution in [0.1, 0.15) is 35.6 Å². The number of rotatable bonds is 1. The van der Waals surface area contributed by atoms with E-state index < -0.39 is 5.54 Å². The standard InChI is InChI=1S/C22H21NO2/c1-14-9-15(2)21-17(10-14)12-22(3)13-19(24)18(11-20(25)23(21)22)16-7-5-4-6-8-16/h4-11H,12-13H2,1-3H3. The van der Waals surface area contributed by atoms with Crippen molar-refractivity contribution in [3.05, 3.63) is 70.8 Å². The van der Waals surface area contributed by atoms with E-state index in [0.717, 1.165) is 28.8 Å². The number of fused-ring (bicyclic) bond motifs is 3. The van der Waals surface area contributed by atoms with Gasteiger partial charge in [-0.25, -0.2) is 0 Å². The Balaban J connectivity index is 1.86. The molecular weight excluding hydrogens is 310 g/mol. The van der Waals surface area contributed by atoms with Crippen LogP contribution in [0.25, 0.3) is 5.57 Å². The number of carbonyl (C=O) groups excluding carboxylic acids is 2. The largest absolute Gasteiger partial charge is 0.302 e. The van der Waals surface area contributed by atoms with Gasteiger partial charge < -0.3 is 4.90 Å². The molecule has 0 saturated heterocycles. The normalized spacial score (nSPS) is 22.4. The van der Waals surface area contributed by atoms with Crippen molar-refractivity contribution in [1.29, 1.82) is 0 Å². The van der Waals surface area contributed by atoms with E-state index in [1.807, 2.05) is 49.1 Å². The van der Waals surface area contributed by atoms with Gasteiger partial charge in [0.2, 0.25) is 0 Å². The fourth-order valence-electron chi connectivity index (χ4n) is 4.35. The van der Waals surface area contributed by atoms with Crippen molar-refractivity contribution in [1.82, 2.24) is 0 Å². The fourth-order valence-corrected chi connectivity index (χ4v) is 4.35. The molecule has 2 aromatic rings. The lowest BCUT2D eigenvalue weighted by molar-refractivity contribution is -0.115. The van der Waals surface area contributed by atoms with Crippen LogP contribution in [0.2, 0.25) is 0 Å². The van der Waals surface area contributed by atoms with Gasteiger partial charge in [0.15, 0.2) is 5.78 Å². The molecule has 3 heteroatoms. The first-order chi connectivity index (χ1) is 11.9. The number of anilines is 1. The van der Waals surface area contributed by atoms with E-state index in [1.165, 1.54) is 11.6 Å². The zero-order valence-electron chi connectivity index (χ0n) is 14.8. The second-order valence-electron chi connectivity index (χ2n) is 7.46. The van der Waals surface area contributed by atoms with Gasteiger partial charge in [-0.05, 0) is 43.9 Å². The molecule has 0 aromatic heterocycles. The lowest BCUT2D eigenvalue weighted by Gasteiger charge is -2.33. The van der Waals surface area contributed by atoms with Gasteiger partial charge in [0.1, 0.15) is 0 Å². The SMILES string of the molecule is Cc1cc(C)c2c(c1)CC1(C)CC(=O)C(c3ccccc3)=CC(=O)N21. The lowest BCUT2D eigenvalue weighted by Crippen LogP contribution is -2.47. The van der Waals surface area contributed by atoms with Crippen LogP contribution in [0.5, 0.6) is 0 Å². The summed E-state index contributed by atoms with van der Waals surface area (Å²) in [5.74, 6) is -0.0652. The van der Waals surface area contributed by atoms with E-state index >= 15 is 0 Å². The fraction of sp³-hybridized carbons (Fsp3) is 0.273. The third-order valence-corrected chi connectivity index (χ3v) is 5.27. The molecule has 0 bridgehead atoms. The molecule has 0 spiro atoms. The number of benzene rings is 2. The predicted octanol–water partition coefficient (Wildman–Crippen LogP) is 4.01. The molecule has 0 N–H and O–H groups in total. The van der Waals surface area contributed by atoms with Gasteiger partial charge in [0, 0.05) is 18.1 Å². The van der Waals surface area contributed by atoms with Crippen molar-refractivity contribution in [3.8, 4) is 0 Å². The number of hydrogen-bond acceptors (Lipinski definition) is 2. The molecule has 0 saturated carbocycles. The van der Waals surface area contributed by atoms with Gasteiger partial charge in [-0.2, -0.15) is 0 Å². The number of carbonyl (C=O) groups is 2. The van der Waals surface area contributed by atoms with E-state index in [2.05, 4.69) is 19.1 Å². The van der Waals surface area contributed by atoms with Gasteiger partial charge in [0.05, 0.1) is 11.2 Å². The molecular formula is C22H21NO2. The Morgan fingerprint density at radius 1 is 1.00 bits per heavy atom. The molecule has 126 valence electrons. The molecule has 0 radical (unpaired) electrons. The molecule has 2 heterocycles. The Hall–Kier alpha value is -2.68. The van der Waals surface area contributed by atoms with Gasteiger partial charge in [-0.1, -0.05) is 48.0 Å². The van der Waals surface area contributed by atoms with E-state index in [9.17, 15) is 9.59 Å². The van der Waals surface area contributed by atoms with E-state index in [4.69, 9.17) is 0 Å². The summed E-state index contributed by atoms with van der Waals surface area (Å²) in [6, 6.07) is 13.7. The number of aryl methyl sites for hydroxylation is 2. The van der Waals surface area contributed by atoms with Crippen LogP contribution in [-0.4, -0.2) is 17.2 Å². The Morgan fingerprint density at radius 3 is 2.44 bits per heavy atom. The highest BCUT2D eigenvalue weighted by Gasteiger charge is 2.47. The third kappa shape index (κ3) is 2.42. The highest BCUT2D eigenvalue weighted by atomic mass is 16.2. The van der Waals surface area contributed by atoms with Gasteiger partial charge in [0.25, 0.3) is 5.91 Å². The number of hydrogen-bond donors (Lipinski definition) is 0. The van der Waals surface area contributed by atoms with E-state index in [0.29, 0.717) is 12.0 Å². The zero-order chi connectivity index (χ0) is 17.8. The average Bonchev–Trinajstić information content (AvgIpc) is 2.80. The summed E-state index contributed by atoms with van der Waals surface area (Å²) in [5, 5.41) is 0. The second-order valence-corrected chi connectivity index (χ2v) is 7.46. The number of allylic oxidation sites excluding steroid dienone is 1. The molecule has 3 nitrogen and oxygen atoms in total. The highest BCUT2D eigenvalue weighted by molar-refractivity contribution is 6.28. The maximum Gasteiger partial charge on any atom is 0.252 e. The minimum Gasteiger partial charge on any atom is -0.302 e. The van der Waals surface area contributed by atoms with Crippen LogP contribution in [0.3, 0.4) is 0 Å². The van der Waals surface area contributed by atoms with Crippen molar-refractivity contribution in [2.75, 3.05) is 4.90 Å². The Bertz CT molecular complexity index is 927. The summed E-state index contributed by atoms with van der Waals surface area (Å²) in [7, 11) is 0. The molecule has 25 heavy (non-hydrogen) atoms. The summed E-state index contributed by atoms with van der Waals surface area (Å²) in [6.45, 7) is 6.14. The van der Waals surface area contributed by atoms with Crippen molar-refractivity contribution in [3.63, 3.8) is 0 Å². The van der Waals surface area contributed by atoms with E-state index in [-0.39, 0.29) is 11.7 Å². The number of amides is 1. The minimum atomic E-state index is -0.498. The highest BCUT2D eigenvalue weighted by Crippen LogP contribution is 2.45. The first-order valence-corrected chi connectivity index (χ1v) is 8.64. The Kier molecular flexibility index (Phi) is 3.43. The van der Waals surface area contributed by atoms with Crippen LogP contribution in [0.15, 0.2) is 48.5 Å². The maximum atomic E-state index is 13.1. The molecule has 4 rings (SSSR count). The van der Waals surface area contributed by atoms with E-state index in [1.54, 1.807) is 0 Å². The van der Waals surface area contributed by atoms with Crippen LogP contribution in [0, 0.1) is 13.8 Å². The minimum absolute atomic E-state index is 0.0340. The Labute approximate surface area is 148 Å². The first kappa shape index (κ1) is 15.8. The summed E-state index contributed by atoms with van der Waals surface area (Å²) in [4.78, 5) is 27.9. The monoisotopic (exact) mass is 331 g/mol.